The van der Waals surface area contributed by atoms with Gasteiger partial charge in [0.25, 0.3) is 5.69 Å². The Labute approximate surface area is 92.2 Å². The molecule has 6 heteroatoms. The maximum Gasteiger partial charge on any atom is 0.276 e. The number of rotatable bonds is 4. The van der Waals surface area contributed by atoms with Gasteiger partial charge in [0.2, 0.25) is 0 Å². The number of nitrogens with zero attached hydrogens (tertiary/aromatic N) is 1. The first-order valence-electron chi connectivity index (χ1n) is 4.65. The van der Waals surface area contributed by atoms with Crippen molar-refractivity contribution < 1.29 is 19.9 Å². The van der Waals surface area contributed by atoms with Crippen molar-refractivity contribution in [1.29, 1.82) is 0 Å². The van der Waals surface area contributed by atoms with E-state index >= 15 is 0 Å². The van der Waals surface area contributed by atoms with Crippen molar-refractivity contribution in [2.45, 2.75) is 19.1 Å². The summed E-state index contributed by atoms with van der Waals surface area (Å²) in [7, 11) is 1.41. The molecule has 0 heterocycles. The third-order valence-electron chi connectivity index (χ3n) is 2.37. The van der Waals surface area contributed by atoms with E-state index in [0.29, 0.717) is 5.75 Å². The van der Waals surface area contributed by atoms with Crippen LogP contribution in [0.15, 0.2) is 18.2 Å². The number of hydrogen-bond acceptors (Lipinski definition) is 5. The van der Waals surface area contributed by atoms with Gasteiger partial charge in [0.05, 0.1) is 18.1 Å². The van der Waals surface area contributed by atoms with Gasteiger partial charge in [-0.2, -0.15) is 0 Å². The molecule has 1 unspecified atom stereocenters. The molecule has 2 N–H and O–H groups in total. The van der Waals surface area contributed by atoms with Gasteiger partial charge >= 0.3 is 0 Å². The molecule has 0 radical (unpaired) electrons. The van der Waals surface area contributed by atoms with Crippen LogP contribution in [0, 0.1) is 10.1 Å². The highest BCUT2D eigenvalue weighted by Gasteiger charge is 2.23. The molecule has 0 aliphatic carbocycles. The number of nitro groups is 1. The fourth-order valence-electron chi connectivity index (χ4n) is 1.35. The summed E-state index contributed by atoms with van der Waals surface area (Å²) in [6.07, 6.45) is -1.63. The lowest BCUT2D eigenvalue weighted by Crippen LogP contribution is -2.15. The first kappa shape index (κ1) is 12.4. The Hall–Kier alpha value is -1.66. The standard InChI is InChI=1S/C10H13NO5/c1-6(10(12)13)8-4-3-7(16-2)5-9(8)11(14)15/h3-6,10,12-13H,1-2H3. The molecule has 88 valence electrons. The van der Waals surface area contributed by atoms with Gasteiger partial charge in [-0.15, -0.1) is 0 Å². The molecule has 0 spiro atoms. The van der Waals surface area contributed by atoms with E-state index in [0.717, 1.165) is 0 Å². The van der Waals surface area contributed by atoms with Crippen LogP contribution in [0.1, 0.15) is 18.4 Å². The van der Waals surface area contributed by atoms with E-state index in [9.17, 15) is 10.1 Å². The smallest absolute Gasteiger partial charge is 0.276 e. The summed E-state index contributed by atoms with van der Waals surface area (Å²) >= 11 is 0. The maximum absolute atomic E-state index is 10.8. The second-order valence-electron chi connectivity index (χ2n) is 3.38. The molecular formula is C10H13NO5. The predicted octanol–water partition coefficient (Wildman–Crippen LogP) is 1.02. The van der Waals surface area contributed by atoms with E-state index in [1.54, 1.807) is 6.07 Å². The average molecular weight is 227 g/mol. The van der Waals surface area contributed by atoms with Gasteiger partial charge in [-0.3, -0.25) is 10.1 Å². The molecule has 0 saturated heterocycles. The van der Waals surface area contributed by atoms with Crippen LogP contribution in [0.3, 0.4) is 0 Å². The molecule has 1 atom stereocenters. The molecule has 1 rings (SSSR count). The summed E-state index contributed by atoms with van der Waals surface area (Å²) in [5, 5.41) is 28.8. The second-order valence-corrected chi connectivity index (χ2v) is 3.38. The number of aliphatic hydroxyl groups is 2. The predicted molar refractivity (Wildman–Crippen MR) is 56.3 cm³/mol. The van der Waals surface area contributed by atoms with E-state index in [-0.39, 0.29) is 11.3 Å². The van der Waals surface area contributed by atoms with Crippen molar-refractivity contribution in [3.63, 3.8) is 0 Å². The molecule has 0 saturated carbocycles. The van der Waals surface area contributed by atoms with Crippen LogP contribution < -0.4 is 4.74 Å². The number of ether oxygens (including phenoxy) is 1. The zero-order valence-corrected chi connectivity index (χ0v) is 8.95. The highest BCUT2D eigenvalue weighted by atomic mass is 16.6. The Morgan fingerprint density at radius 1 is 1.44 bits per heavy atom. The Kier molecular flexibility index (Phi) is 3.81. The lowest BCUT2D eigenvalue weighted by Gasteiger charge is -2.14. The maximum atomic E-state index is 10.8. The summed E-state index contributed by atoms with van der Waals surface area (Å²) in [5.41, 5.74) is 0.0840. The van der Waals surface area contributed by atoms with Gasteiger partial charge in [0.1, 0.15) is 5.75 Å². The zero-order chi connectivity index (χ0) is 12.3. The van der Waals surface area contributed by atoms with Gasteiger partial charge in [0, 0.05) is 11.5 Å². The first-order chi connectivity index (χ1) is 7.47. The van der Waals surface area contributed by atoms with Crippen LogP contribution in [0.5, 0.6) is 5.75 Å². The number of nitro benzene ring substituents is 1. The van der Waals surface area contributed by atoms with Crippen molar-refractivity contribution in [2.24, 2.45) is 0 Å². The summed E-state index contributed by atoms with van der Waals surface area (Å²) in [6.45, 7) is 1.50. The van der Waals surface area contributed by atoms with E-state index in [1.807, 2.05) is 0 Å². The third kappa shape index (κ3) is 2.47. The van der Waals surface area contributed by atoms with Crippen molar-refractivity contribution in [2.75, 3.05) is 7.11 Å². The molecule has 0 fully saturated rings. The minimum atomic E-state index is -1.63. The lowest BCUT2D eigenvalue weighted by atomic mass is 9.98. The molecule has 0 amide bonds. The largest absolute Gasteiger partial charge is 0.497 e. The number of hydrogen-bond donors (Lipinski definition) is 2. The normalized spacial score (nSPS) is 12.6. The van der Waals surface area contributed by atoms with Crippen molar-refractivity contribution in [1.82, 2.24) is 0 Å². The molecule has 0 bridgehead atoms. The molecule has 0 aliphatic heterocycles. The van der Waals surface area contributed by atoms with Crippen LogP contribution in [-0.2, 0) is 0 Å². The Morgan fingerprint density at radius 3 is 2.50 bits per heavy atom. The third-order valence-corrected chi connectivity index (χ3v) is 2.37. The van der Waals surface area contributed by atoms with Crippen LogP contribution in [0.4, 0.5) is 5.69 Å². The Balaban J connectivity index is 3.23. The average Bonchev–Trinajstić information content (AvgIpc) is 2.26. The van der Waals surface area contributed by atoms with Crippen LogP contribution in [0.2, 0.25) is 0 Å². The van der Waals surface area contributed by atoms with E-state index in [1.165, 1.54) is 26.2 Å². The molecule has 6 nitrogen and oxygen atoms in total. The summed E-state index contributed by atoms with van der Waals surface area (Å²) < 4.78 is 4.87. The fraction of sp³-hybridized carbons (Fsp3) is 0.400. The van der Waals surface area contributed by atoms with Crippen LogP contribution in [-0.4, -0.2) is 28.5 Å². The van der Waals surface area contributed by atoms with Gasteiger partial charge in [-0.05, 0) is 12.1 Å². The summed E-state index contributed by atoms with van der Waals surface area (Å²) in [5.74, 6) is -0.374. The van der Waals surface area contributed by atoms with Gasteiger partial charge in [0.15, 0.2) is 6.29 Å². The number of methoxy groups -OCH3 is 1. The highest BCUT2D eigenvalue weighted by Crippen LogP contribution is 2.31. The van der Waals surface area contributed by atoms with Crippen molar-refractivity contribution in [3.8, 4) is 5.75 Å². The minimum absolute atomic E-state index is 0.181. The topological polar surface area (TPSA) is 92.8 Å². The van der Waals surface area contributed by atoms with E-state index in [4.69, 9.17) is 14.9 Å². The monoisotopic (exact) mass is 227 g/mol. The molecule has 1 aromatic rings. The van der Waals surface area contributed by atoms with Gasteiger partial charge in [-0.25, -0.2) is 0 Å². The minimum Gasteiger partial charge on any atom is -0.497 e. The quantitative estimate of drug-likeness (QED) is 0.455. The van der Waals surface area contributed by atoms with Crippen molar-refractivity contribution >= 4 is 5.69 Å². The number of benzene rings is 1. The fourth-order valence-corrected chi connectivity index (χ4v) is 1.35. The van der Waals surface area contributed by atoms with Crippen molar-refractivity contribution in [3.05, 3.63) is 33.9 Å². The SMILES string of the molecule is COc1ccc(C(C)C(O)O)c([N+](=O)[O-])c1. The van der Waals surface area contributed by atoms with Crippen LogP contribution >= 0.6 is 0 Å². The molecule has 1 aromatic carbocycles. The van der Waals surface area contributed by atoms with E-state index in [2.05, 4.69) is 0 Å². The molecule has 0 aliphatic rings. The van der Waals surface area contributed by atoms with E-state index < -0.39 is 17.1 Å². The second kappa shape index (κ2) is 4.91. The van der Waals surface area contributed by atoms with Crippen LogP contribution in [0.25, 0.3) is 0 Å². The summed E-state index contributed by atoms with van der Waals surface area (Å²) in [4.78, 5) is 10.2. The first-order valence-corrected chi connectivity index (χ1v) is 4.65. The highest BCUT2D eigenvalue weighted by molar-refractivity contribution is 5.47. The van der Waals surface area contributed by atoms with Gasteiger partial charge in [-0.1, -0.05) is 6.92 Å². The van der Waals surface area contributed by atoms with Gasteiger partial charge < -0.3 is 14.9 Å². The summed E-state index contributed by atoms with van der Waals surface area (Å²) in [6, 6.07) is 4.26. The molecule has 0 aromatic heterocycles. The zero-order valence-electron chi connectivity index (χ0n) is 8.95. The molecule has 16 heavy (non-hydrogen) atoms. The Morgan fingerprint density at radius 2 is 2.06 bits per heavy atom. The Bertz CT molecular complexity index is 391. The molecular weight excluding hydrogens is 214 g/mol. The lowest BCUT2D eigenvalue weighted by molar-refractivity contribution is -0.386. The number of aliphatic hydroxyl groups excluding tert-OH is 1.